The van der Waals surface area contributed by atoms with Crippen molar-refractivity contribution in [3.8, 4) is 0 Å². The number of hydrogen-bond donors (Lipinski definition) is 2. The molecule has 0 aliphatic carbocycles. The zero-order valence-electron chi connectivity index (χ0n) is 37.1. The lowest BCUT2D eigenvalue weighted by atomic mass is 10.0. The Balaban J connectivity index is 4.23. The van der Waals surface area contributed by atoms with Crippen LogP contribution in [0.25, 0.3) is 0 Å². The van der Waals surface area contributed by atoms with Crippen molar-refractivity contribution in [2.24, 2.45) is 0 Å². The minimum Gasteiger partial charge on any atom is -0.756 e. The standard InChI is InChI=1S/C47H89N2O6P/c1-6-8-10-12-14-16-18-19-20-21-22-23-24-25-26-27-28-29-30-31-33-35-37-39-41-47(51)48-45(44-55-56(52,53)54-43-42-49(3,4)5)46(50)40-38-36-34-32-17-15-13-11-9-7-2/h9,11,17,25-26,32,38,40,45-46,50H,6-8,10,12-16,18-24,27-31,33-37,39,41-44H2,1-5H3,(H-,48,51,52,53)/b11-9+,26-25-,32-17+,40-38+. The molecule has 0 saturated heterocycles. The highest BCUT2D eigenvalue weighted by Gasteiger charge is 2.23. The van der Waals surface area contributed by atoms with Crippen LogP contribution in [0.1, 0.15) is 194 Å². The van der Waals surface area contributed by atoms with Gasteiger partial charge in [0, 0.05) is 6.42 Å². The lowest BCUT2D eigenvalue weighted by Gasteiger charge is -2.29. The summed E-state index contributed by atoms with van der Waals surface area (Å²) in [5.74, 6) is -0.218. The number of likely N-dealkylation sites (N-methyl/N-ethyl adjacent to an activating group) is 1. The second-order valence-corrected chi connectivity index (χ2v) is 18.1. The van der Waals surface area contributed by atoms with E-state index in [0.717, 1.165) is 51.4 Å². The molecule has 56 heavy (non-hydrogen) atoms. The van der Waals surface area contributed by atoms with Gasteiger partial charge in [0.2, 0.25) is 5.91 Å². The SMILES string of the molecule is CC/C=C/CC/C=C/CC/C=C/C(O)C(COP(=O)([O-])OCC[N+](C)(C)C)NC(=O)CCCCCCCCCC/C=C\CCCCCCCCCCCCCC. The van der Waals surface area contributed by atoms with Crippen LogP contribution in [-0.4, -0.2) is 68.5 Å². The van der Waals surface area contributed by atoms with Crippen LogP contribution in [0.4, 0.5) is 0 Å². The monoisotopic (exact) mass is 809 g/mol. The number of rotatable bonds is 41. The number of nitrogens with one attached hydrogen (secondary N) is 1. The first-order valence-corrected chi connectivity index (χ1v) is 24.5. The summed E-state index contributed by atoms with van der Waals surface area (Å²) < 4.78 is 23.1. The molecule has 9 heteroatoms. The van der Waals surface area contributed by atoms with E-state index >= 15 is 0 Å². The number of nitrogens with zero attached hydrogens (tertiary/aromatic N) is 1. The molecule has 0 spiro atoms. The smallest absolute Gasteiger partial charge is 0.268 e. The highest BCUT2D eigenvalue weighted by Crippen LogP contribution is 2.38. The van der Waals surface area contributed by atoms with Gasteiger partial charge in [0.1, 0.15) is 13.2 Å². The van der Waals surface area contributed by atoms with E-state index in [9.17, 15) is 19.4 Å². The van der Waals surface area contributed by atoms with Crippen LogP contribution in [0.3, 0.4) is 0 Å². The molecule has 0 aromatic heterocycles. The number of amides is 1. The first-order chi connectivity index (χ1) is 27.0. The number of unbranched alkanes of at least 4 members (excludes halogenated alkanes) is 22. The second kappa shape index (κ2) is 38.9. The van der Waals surface area contributed by atoms with Gasteiger partial charge >= 0.3 is 0 Å². The van der Waals surface area contributed by atoms with Crippen LogP contribution in [-0.2, 0) is 18.4 Å². The number of phosphoric ester groups is 1. The fourth-order valence-corrected chi connectivity index (χ4v) is 7.09. The Kier molecular flexibility index (Phi) is 37.9. The Labute approximate surface area is 346 Å². The summed E-state index contributed by atoms with van der Waals surface area (Å²) in [6.45, 7) is 4.48. The summed E-state index contributed by atoms with van der Waals surface area (Å²) in [6.07, 6.45) is 49.0. The Hall–Kier alpha value is -1.54. The van der Waals surface area contributed by atoms with E-state index in [4.69, 9.17) is 9.05 Å². The van der Waals surface area contributed by atoms with Gasteiger partial charge in [0.05, 0.1) is 39.9 Å². The number of hydrogen-bond acceptors (Lipinski definition) is 6. The van der Waals surface area contributed by atoms with Crippen molar-refractivity contribution >= 4 is 13.7 Å². The second-order valence-electron chi connectivity index (χ2n) is 16.7. The molecule has 0 aromatic carbocycles. The number of aliphatic hydroxyl groups excluding tert-OH is 1. The number of allylic oxidation sites excluding steroid dienone is 7. The van der Waals surface area contributed by atoms with Gasteiger partial charge in [-0.2, -0.15) is 0 Å². The Morgan fingerprint density at radius 1 is 0.625 bits per heavy atom. The largest absolute Gasteiger partial charge is 0.756 e. The number of phosphoric acid groups is 1. The molecule has 0 radical (unpaired) electrons. The minimum atomic E-state index is -4.60. The first-order valence-electron chi connectivity index (χ1n) is 23.0. The summed E-state index contributed by atoms with van der Waals surface area (Å²) in [6, 6.07) is -0.909. The predicted octanol–water partition coefficient (Wildman–Crippen LogP) is 12.2. The van der Waals surface area contributed by atoms with Crippen LogP contribution < -0.4 is 10.2 Å². The molecule has 0 aliphatic heterocycles. The third-order valence-corrected chi connectivity index (χ3v) is 11.0. The minimum absolute atomic E-state index is 0.0108. The van der Waals surface area contributed by atoms with Gasteiger partial charge in [-0.25, -0.2) is 0 Å². The molecule has 8 nitrogen and oxygen atoms in total. The van der Waals surface area contributed by atoms with E-state index in [1.807, 2.05) is 27.2 Å². The molecule has 3 unspecified atom stereocenters. The fraction of sp³-hybridized carbons (Fsp3) is 0.809. The quantitative estimate of drug-likeness (QED) is 0.0276. The molecule has 0 fully saturated rings. The number of quaternary nitrogens is 1. The molecule has 0 heterocycles. The van der Waals surface area contributed by atoms with Crippen molar-refractivity contribution in [1.82, 2.24) is 5.32 Å². The molecule has 328 valence electrons. The molecule has 3 atom stereocenters. The molecule has 1 amide bonds. The van der Waals surface area contributed by atoms with Crippen LogP contribution in [0, 0.1) is 0 Å². The zero-order valence-corrected chi connectivity index (χ0v) is 38.0. The summed E-state index contributed by atoms with van der Waals surface area (Å²) in [7, 11) is 1.23. The van der Waals surface area contributed by atoms with E-state index in [1.165, 1.54) is 122 Å². The first kappa shape index (κ1) is 54.5. The van der Waals surface area contributed by atoms with Crippen molar-refractivity contribution in [1.29, 1.82) is 0 Å². The van der Waals surface area contributed by atoms with Gasteiger partial charge in [-0.15, -0.1) is 0 Å². The van der Waals surface area contributed by atoms with Gasteiger partial charge in [-0.05, 0) is 64.2 Å². The molecule has 0 aliphatic rings. The van der Waals surface area contributed by atoms with E-state index < -0.39 is 26.6 Å². The Bertz CT molecular complexity index is 1050. The van der Waals surface area contributed by atoms with Crippen LogP contribution in [0.2, 0.25) is 0 Å². The zero-order chi connectivity index (χ0) is 41.4. The maximum absolute atomic E-state index is 12.8. The molecular weight excluding hydrogens is 719 g/mol. The average molecular weight is 809 g/mol. The van der Waals surface area contributed by atoms with E-state index in [0.29, 0.717) is 17.4 Å². The van der Waals surface area contributed by atoms with Gasteiger partial charge in [-0.1, -0.05) is 172 Å². The highest BCUT2D eigenvalue weighted by molar-refractivity contribution is 7.45. The van der Waals surface area contributed by atoms with Gasteiger partial charge in [0.15, 0.2) is 0 Å². The van der Waals surface area contributed by atoms with Crippen molar-refractivity contribution in [2.45, 2.75) is 206 Å². The highest BCUT2D eigenvalue weighted by atomic mass is 31.2. The lowest BCUT2D eigenvalue weighted by Crippen LogP contribution is -2.45. The van der Waals surface area contributed by atoms with E-state index in [2.05, 4.69) is 55.6 Å². The van der Waals surface area contributed by atoms with Crippen LogP contribution in [0.15, 0.2) is 48.6 Å². The van der Waals surface area contributed by atoms with E-state index in [-0.39, 0.29) is 12.5 Å². The topological polar surface area (TPSA) is 108 Å². The number of carbonyl (C=O) groups excluding carboxylic acids is 1. The summed E-state index contributed by atoms with van der Waals surface area (Å²) in [5.41, 5.74) is 0. The van der Waals surface area contributed by atoms with Gasteiger partial charge < -0.3 is 28.8 Å². The summed E-state index contributed by atoms with van der Waals surface area (Å²) in [5, 5.41) is 13.7. The molecular formula is C47H89N2O6P. The number of carbonyl (C=O) groups is 1. The molecule has 0 rings (SSSR count). The van der Waals surface area contributed by atoms with Crippen LogP contribution in [0.5, 0.6) is 0 Å². The molecule has 2 N–H and O–H groups in total. The van der Waals surface area contributed by atoms with Crippen molar-refractivity contribution in [2.75, 3.05) is 40.9 Å². The van der Waals surface area contributed by atoms with Crippen molar-refractivity contribution in [3.63, 3.8) is 0 Å². The maximum atomic E-state index is 12.8. The average Bonchev–Trinajstić information content (AvgIpc) is 3.15. The molecule has 0 saturated carbocycles. The fourth-order valence-electron chi connectivity index (χ4n) is 6.36. The Morgan fingerprint density at radius 2 is 1.05 bits per heavy atom. The maximum Gasteiger partial charge on any atom is 0.268 e. The molecule has 0 bridgehead atoms. The lowest BCUT2D eigenvalue weighted by molar-refractivity contribution is -0.870. The van der Waals surface area contributed by atoms with Gasteiger partial charge in [-0.3, -0.25) is 9.36 Å². The van der Waals surface area contributed by atoms with E-state index in [1.54, 1.807) is 6.08 Å². The van der Waals surface area contributed by atoms with Crippen LogP contribution >= 0.6 is 7.82 Å². The summed E-state index contributed by atoms with van der Waals surface area (Å²) >= 11 is 0. The normalized spacial score (nSPS) is 14.8. The molecule has 0 aromatic rings. The third kappa shape index (κ3) is 40.6. The van der Waals surface area contributed by atoms with Crippen molar-refractivity contribution < 1.29 is 32.9 Å². The Morgan fingerprint density at radius 3 is 1.54 bits per heavy atom. The predicted molar refractivity (Wildman–Crippen MR) is 238 cm³/mol. The van der Waals surface area contributed by atoms with Crippen molar-refractivity contribution in [3.05, 3.63) is 48.6 Å². The van der Waals surface area contributed by atoms with Gasteiger partial charge in [0.25, 0.3) is 7.82 Å². The third-order valence-electron chi connectivity index (χ3n) is 10.0. The number of aliphatic hydroxyl groups is 1. The summed E-state index contributed by atoms with van der Waals surface area (Å²) in [4.78, 5) is 25.2.